The third-order valence-electron chi connectivity index (χ3n) is 4.12. The van der Waals surface area contributed by atoms with Gasteiger partial charge in [-0.25, -0.2) is 0 Å². The molecule has 0 aromatic carbocycles. The molecule has 0 aliphatic heterocycles. The lowest BCUT2D eigenvalue weighted by atomic mass is 9.76. The Balaban J connectivity index is 2.59. The lowest BCUT2D eigenvalue weighted by Crippen LogP contribution is -2.46. The van der Waals surface area contributed by atoms with Crippen LogP contribution in [0.3, 0.4) is 0 Å². The van der Waals surface area contributed by atoms with Gasteiger partial charge in [-0.3, -0.25) is 9.69 Å². The maximum atomic E-state index is 11.7. The smallest absolute Gasteiger partial charge is 0.234 e. The van der Waals surface area contributed by atoms with Crippen molar-refractivity contribution < 1.29 is 4.79 Å². The van der Waals surface area contributed by atoms with Crippen LogP contribution in [-0.2, 0) is 4.79 Å². The highest BCUT2D eigenvalue weighted by atomic mass is 16.2. The fourth-order valence-electron chi connectivity index (χ4n) is 3.14. The average molecular weight is 265 g/mol. The Morgan fingerprint density at radius 1 is 1.42 bits per heavy atom. The van der Waals surface area contributed by atoms with E-state index in [1.54, 1.807) is 0 Å². The zero-order valence-corrected chi connectivity index (χ0v) is 12.5. The van der Waals surface area contributed by atoms with E-state index >= 15 is 0 Å². The maximum absolute atomic E-state index is 11.7. The van der Waals surface area contributed by atoms with Crippen molar-refractivity contribution in [2.24, 2.45) is 11.8 Å². The molecule has 1 saturated carbocycles. The Morgan fingerprint density at radius 2 is 2.16 bits per heavy atom. The molecule has 1 fully saturated rings. The van der Waals surface area contributed by atoms with Crippen molar-refractivity contribution in [3.8, 4) is 6.07 Å². The number of rotatable bonds is 6. The van der Waals surface area contributed by atoms with Gasteiger partial charge in [0.2, 0.25) is 5.91 Å². The second-order valence-electron chi connectivity index (χ2n) is 5.64. The minimum atomic E-state index is 0.0549. The standard InChI is InChI=1S/C15H27N3O/c1-4-6-12-7-8-13(10-16)14(9-12)18(3)11-15(19)17-5-2/h12-14H,4-9,11H2,1-3H3,(H,17,19). The molecule has 1 amide bonds. The summed E-state index contributed by atoms with van der Waals surface area (Å²) < 4.78 is 0. The van der Waals surface area contributed by atoms with Crippen LogP contribution >= 0.6 is 0 Å². The van der Waals surface area contributed by atoms with Gasteiger partial charge in [0.25, 0.3) is 0 Å². The quantitative estimate of drug-likeness (QED) is 0.800. The van der Waals surface area contributed by atoms with Gasteiger partial charge in [-0.1, -0.05) is 19.8 Å². The minimum Gasteiger partial charge on any atom is -0.355 e. The summed E-state index contributed by atoms with van der Waals surface area (Å²) in [5, 5.41) is 12.1. The van der Waals surface area contributed by atoms with Crippen molar-refractivity contribution in [1.29, 1.82) is 5.26 Å². The zero-order chi connectivity index (χ0) is 14.3. The van der Waals surface area contributed by atoms with Crippen LogP contribution in [-0.4, -0.2) is 37.0 Å². The van der Waals surface area contributed by atoms with Crippen molar-refractivity contribution in [1.82, 2.24) is 10.2 Å². The van der Waals surface area contributed by atoms with E-state index in [0.29, 0.717) is 13.1 Å². The van der Waals surface area contributed by atoms with Crippen molar-refractivity contribution >= 4 is 5.91 Å². The summed E-state index contributed by atoms with van der Waals surface area (Å²) in [5.41, 5.74) is 0. The van der Waals surface area contributed by atoms with Gasteiger partial charge >= 0.3 is 0 Å². The summed E-state index contributed by atoms with van der Waals surface area (Å²) in [6.07, 6.45) is 5.64. The summed E-state index contributed by atoms with van der Waals surface area (Å²) in [4.78, 5) is 13.7. The van der Waals surface area contributed by atoms with Crippen LogP contribution in [0.1, 0.15) is 46.0 Å². The normalized spacial score (nSPS) is 27.0. The third-order valence-corrected chi connectivity index (χ3v) is 4.12. The molecule has 1 N–H and O–H groups in total. The first kappa shape index (κ1) is 16.0. The van der Waals surface area contributed by atoms with Gasteiger partial charge in [0.05, 0.1) is 18.5 Å². The fourth-order valence-corrected chi connectivity index (χ4v) is 3.14. The largest absolute Gasteiger partial charge is 0.355 e. The third kappa shape index (κ3) is 4.83. The first-order valence-corrected chi connectivity index (χ1v) is 7.48. The summed E-state index contributed by atoms with van der Waals surface area (Å²) in [7, 11) is 1.97. The number of carbonyl (C=O) groups excluding carboxylic acids is 1. The van der Waals surface area contributed by atoms with Gasteiger partial charge < -0.3 is 5.32 Å². The van der Waals surface area contributed by atoms with Crippen LogP contribution in [0.25, 0.3) is 0 Å². The lowest BCUT2D eigenvalue weighted by molar-refractivity contribution is -0.122. The molecule has 0 spiro atoms. The van der Waals surface area contributed by atoms with Crippen LogP contribution in [0.5, 0.6) is 0 Å². The highest BCUT2D eigenvalue weighted by Gasteiger charge is 2.33. The first-order chi connectivity index (χ1) is 9.12. The number of hydrogen-bond donors (Lipinski definition) is 1. The summed E-state index contributed by atoms with van der Waals surface area (Å²) in [6, 6.07) is 2.66. The van der Waals surface area contributed by atoms with E-state index in [9.17, 15) is 10.1 Å². The van der Waals surface area contributed by atoms with Crippen LogP contribution in [0.2, 0.25) is 0 Å². The average Bonchev–Trinajstić information content (AvgIpc) is 2.39. The number of carbonyl (C=O) groups is 1. The second kappa shape index (κ2) is 8.16. The maximum Gasteiger partial charge on any atom is 0.234 e. The van der Waals surface area contributed by atoms with E-state index in [-0.39, 0.29) is 17.9 Å². The highest BCUT2D eigenvalue weighted by Crippen LogP contribution is 2.33. The Kier molecular flexibility index (Phi) is 6.86. The summed E-state index contributed by atoms with van der Waals surface area (Å²) in [6.45, 7) is 5.20. The van der Waals surface area contributed by atoms with Gasteiger partial charge in [0.1, 0.15) is 0 Å². The van der Waals surface area contributed by atoms with Gasteiger partial charge in [-0.05, 0) is 39.2 Å². The summed E-state index contributed by atoms with van der Waals surface area (Å²) >= 11 is 0. The van der Waals surface area contributed by atoms with Crippen molar-refractivity contribution in [2.45, 2.75) is 52.0 Å². The Bertz CT molecular complexity index is 324. The van der Waals surface area contributed by atoms with E-state index in [2.05, 4.69) is 23.2 Å². The molecule has 3 atom stereocenters. The first-order valence-electron chi connectivity index (χ1n) is 7.48. The molecule has 0 aromatic heterocycles. The molecule has 4 heteroatoms. The van der Waals surface area contributed by atoms with Gasteiger partial charge in [-0.15, -0.1) is 0 Å². The zero-order valence-electron chi connectivity index (χ0n) is 12.5. The van der Waals surface area contributed by atoms with Gasteiger partial charge in [0, 0.05) is 12.6 Å². The molecular weight excluding hydrogens is 238 g/mol. The fraction of sp³-hybridized carbons (Fsp3) is 0.867. The summed E-state index contributed by atoms with van der Waals surface area (Å²) in [5.74, 6) is 0.850. The monoisotopic (exact) mass is 265 g/mol. The number of nitriles is 1. The predicted molar refractivity (Wildman–Crippen MR) is 76.5 cm³/mol. The number of likely N-dealkylation sites (N-methyl/N-ethyl adjacent to an activating group) is 2. The molecule has 0 saturated heterocycles. The molecule has 0 radical (unpaired) electrons. The SMILES string of the molecule is CCCC1CCC(C#N)C(N(C)CC(=O)NCC)C1. The molecule has 108 valence electrons. The molecular formula is C15H27N3O. The molecule has 0 bridgehead atoms. The molecule has 0 aromatic rings. The van der Waals surface area contributed by atoms with Crippen molar-refractivity contribution in [3.05, 3.63) is 0 Å². The van der Waals surface area contributed by atoms with E-state index in [1.807, 2.05) is 14.0 Å². The topological polar surface area (TPSA) is 56.1 Å². The van der Waals surface area contributed by atoms with Crippen LogP contribution < -0.4 is 5.32 Å². The molecule has 1 rings (SSSR count). The number of hydrogen-bond acceptors (Lipinski definition) is 3. The number of nitrogens with one attached hydrogen (secondary N) is 1. The van der Waals surface area contributed by atoms with Crippen LogP contribution in [0, 0.1) is 23.2 Å². The predicted octanol–water partition coefficient (Wildman–Crippen LogP) is 2.16. The van der Waals surface area contributed by atoms with Crippen LogP contribution in [0.4, 0.5) is 0 Å². The van der Waals surface area contributed by atoms with Crippen molar-refractivity contribution in [3.63, 3.8) is 0 Å². The highest BCUT2D eigenvalue weighted by molar-refractivity contribution is 5.77. The molecule has 19 heavy (non-hydrogen) atoms. The van der Waals surface area contributed by atoms with Crippen LogP contribution in [0.15, 0.2) is 0 Å². The molecule has 1 aliphatic carbocycles. The van der Waals surface area contributed by atoms with E-state index in [1.165, 1.54) is 12.8 Å². The van der Waals surface area contributed by atoms with E-state index in [0.717, 1.165) is 25.2 Å². The number of amides is 1. The van der Waals surface area contributed by atoms with Gasteiger partial charge in [0.15, 0.2) is 0 Å². The van der Waals surface area contributed by atoms with E-state index < -0.39 is 0 Å². The van der Waals surface area contributed by atoms with Gasteiger partial charge in [-0.2, -0.15) is 5.26 Å². The molecule has 0 heterocycles. The van der Waals surface area contributed by atoms with Crippen molar-refractivity contribution in [2.75, 3.05) is 20.1 Å². The Labute approximate surface area is 117 Å². The number of nitrogens with zero attached hydrogens (tertiary/aromatic N) is 2. The Morgan fingerprint density at radius 3 is 2.74 bits per heavy atom. The molecule has 3 unspecified atom stereocenters. The lowest BCUT2D eigenvalue weighted by Gasteiger charge is -2.38. The Hall–Kier alpha value is -1.08. The van der Waals surface area contributed by atoms with E-state index in [4.69, 9.17) is 0 Å². The second-order valence-corrected chi connectivity index (χ2v) is 5.64. The minimum absolute atomic E-state index is 0.0549. The molecule has 1 aliphatic rings. The molecule has 4 nitrogen and oxygen atoms in total.